The molecule has 2 aromatic heterocycles. The first kappa shape index (κ1) is 21.8. The van der Waals surface area contributed by atoms with Crippen molar-refractivity contribution in [3.8, 4) is 11.1 Å². The summed E-state index contributed by atoms with van der Waals surface area (Å²) in [4.78, 5) is 25.8. The molecule has 0 spiro atoms. The highest BCUT2D eigenvalue weighted by atomic mass is 32.1. The number of amides is 1. The number of aromatic nitrogens is 1. The van der Waals surface area contributed by atoms with E-state index >= 15 is 0 Å². The normalized spacial score (nSPS) is 11.0. The van der Waals surface area contributed by atoms with Gasteiger partial charge >= 0.3 is 5.97 Å². The molecule has 0 aliphatic rings. The number of carbonyl (C=O) groups excluding carboxylic acids is 2. The first-order valence-electron chi connectivity index (χ1n) is 10.6. The Morgan fingerprint density at radius 1 is 1.09 bits per heavy atom. The van der Waals surface area contributed by atoms with Crippen LogP contribution in [0.5, 0.6) is 0 Å². The molecule has 2 heterocycles. The summed E-state index contributed by atoms with van der Waals surface area (Å²) in [6, 6.07) is 14.1. The molecule has 0 saturated heterocycles. The number of aryl methyl sites for hydroxylation is 3. The molecule has 1 N–H and O–H groups in total. The van der Waals surface area contributed by atoms with Crippen LogP contribution < -0.4 is 5.32 Å². The quantitative estimate of drug-likeness (QED) is 0.376. The van der Waals surface area contributed by atoms with Gasteiger partial charge in [-0.05, 0) is 43.5 Å². The van der Waals surface area contributed by atoms with E-state index in [9.17, 15) is 9.59 Å². The van der Waals surface area contributed by atoms with Crippen LogP contribution in [0.15, 0.2) is 54.0 Å². The maximum atomic E-state index is 13.0. The number of hydrogen-bond donors (Lipinski definition) is 1. The number of para-hydroxylation sites is 1. The van der Waals surface area contributed by atoms with Crippen molar-refractivity contribution in [3.05, 3.63) is 76.3 Å². The molecule has 0 radical (unpaired) electrons. The number of nitrogens with zero attached hydrogens (tertiary/aromatic N) is 1. The van der Waals surface area contributed by atoms with E-state index in [-0.39, 0.29) is 18.9 Å². The maximum Gasteiger partial charge on any atom is 0.341 e. The molecule has 4 aromatic rings. The molecule has 32 heavy (non-hydrogen) atoms. The number of esters is 1. The van der Waals surface area contributed by atoms with E-state index in [1.807, 2.05) is 73.4 Å². The van der Waals surface area contributed by atoms with Gasteiger partial charge in [0, 0.05) is 35.1 Å². The summed E-state index contributed by atoms with van der Waals surface area (Å²) in [6.45, 7) is 6.10. The largest absolute Gasteiger partial charge is 0.462 e. The molecule has 5 nitrogen and oxygen atoms in total. The first-order valence-corrected chi connectivity index (χ1v) is 11.5. The number of thiophene rings is 1. The zero-order valence-corrected chi connectivity index (χ0v) is 19.5. The Morgan fingerprint density at radius 2 is 1.88 bits per heavy atom. The summed E-state index contributed by atoms with van der Waals surface area (Å²) in [7, 11) is 1.97. The second-order valence-corrected chi connectivity index (χ2v) is 8.78. The predicted molar refractivity (Wildman–Crippen MR) is 130 cm³/mol. The van der Waals surface area contributed by atoms with E-state index in [0.29, 0.717) is 10.6 Å². The number of hydrogen-bond acceptors (Lipinski definition) is 4. The highest BCUT2D eigenvalue weighted by molar-refractivity contribution is 7.15. The van der Waals surface area contributed by atoms with Gasteiger partial charge in [-0.2, -0.15) is 0 Å². The SMILES string of the molecule is CCOC(=O)c1c(-c2ccc(C)cc2C)csc1NC(=O)Cc1cn(C)c2ccccc12. The topological polar surface area (TPSA) is 60.3 Å². The zero-order chi connectivity index (χ0) is 22.8. The van der Waals surface area contributed by atoms with E-state index in [1.165, 1.54) is 11.3 Å². The smallest absolute Gasteiger partial charge is 0.341 e. The average Bonchev–Trinajstić information content (AvgIpc) is 3.30. The molecule has 0 fully saturated rings. The van der Waals surface area contributed by atoms with Crippen molar-refractivity contribution >= 4 is 39.1 Å². The summed E-state index contributed by atoms with van der Waals surface area (Å²) < 4.78 is 7.35. The molecule has 1 amide bonds. The number of anilines is 1. The van der Waals surface area contributed by atoms with Crippen molar-refractivity contribution in [2.75, 3.05) is 11.9 Å². The molecule has 4 rings (SSSR count). The van der Waals surface area contributed by atoms with Gasteiger partial charge in [-0.1, -0.05) is 42.0 Å². The van der Waals surface area contributed by atoms with E-state index in [2.05, 4.69) is 11.4 Å². The Balaban J connectivity index is 1.66. The van der Waals surface area contributed by atoms with Crippen LogP contribution >= 0.6 is 11.3 Å². The van der Waals surface area contributed by atoms with E-state index in [4.69, 9.17) is 4.74 Å². The molecular weight excluding hydrogens is 420 g/mol. The fourth-order valence-electron chi connectivity index (χ4n) is 4.08. The van der Waals surface area contributed by atoms with E-state index in [1.54, 1.807) is 6.92 Å². The monoisotopic (exact) mass is 446 g/mol. The summed E-state index contributed by atoms with van der Waals surface area (Å²) in [5, 5.41) is 6.45. The molecule has 6 heteroatoms. The van der Waals surface area contributed by atoms with Gasteiger partial charge in [-0.15, -0.1) is 11.3 Å². The average molecular weight is 447 g/mol. The van der Waals surface area contributed by atoms with Crippen LogP contribution in [0, 0.1) is 13.8 Å². The lowest BCUT2D eigenvalue weighted by molar-refractivity contribution is -0.115. The van der Waals surface area contributed by atoms with E-state index in [0.717, 1.165) is 38.7 Å². The number of fused-ring (bicyclic) bond motifs is 1. The van der Waals surface area contributed by atoms with Crippen molar-refractivity contribution in [1.29, 1.82) is 0 Å². The minimum Gasteiger partial charge on any atom is -0.462 e. The van der Waals surface area contributed by atoms with Gasteiger partial charge < -0.3 is 14.6 Å². The van der Waals surface area contributed by atoms with Gasteiger partial charge in [0.2, 0.25) is 5.91 Å². The Labute approximate surface area is 191 Å². The van der Waals surface area contributed by atoms with Crippen LogP contribution in [0.4, 0.5) is 5.00 Å². The Kier molecular flexibility index (Phi) is 6.15. The van der Waals surface area contributed by atoms with Crippen molar-refractivity contribution in [2.24, 2.45) is 7.05 Å². The van der Waals surface area contributed by atoms with Gasteiger partial charge in [-0.3, -0.25) is 4.79 Å². The number of rotatable bonds is 6. The lowest BCUT2D eigenvalue weighted by Crippen LogP contribution is -2.16. The summed E-state index contributed by atoms with van der Waals surface area (Å²) in [5.41, 5.74) is 6.41. The summed E-state index contributed by atoms with van der Waals surface area (Å²) in [6.07, 6.45) is 2.20. The Bertz CT molecular complexity index is 1320. The van der Waals surface area contributed by atoms with Crippen LogP contribution in [-0.2, 0) is 23.0 Å². The molecular formula is C26H26N2O3S. The lowest BCUT2D eigenvalue weighted by atomic mass is 9.97. The summed E-state index contributed by atoms with van der Waals surface area (Å²) >= 11 is 1.35. The van der Waals surface area contributed by atoms with Crippen LogP contribution in [0.2, 0.25) is 0 Å². The molecule has 2 aromatic carbocycles. The van der Waals surface area contributed by atoms with Gasteiger partial charge in [0.25, 0.3) is 0 Å². The molecule has 0 atom stereocenters. The number of nitrogens with one attached hydrogen (secondary N) is 1. The molecule has 164 valence electrons. The van der Waals surface area contributed by atoms with Crippen molar-refractivity contribution in [1.82, 2.24) is 4.57 Å². The number of ether oxygens (including phenoxy) is 1. The van der Waals surface area contributed by atoms with E-state index < -0.39 is 5.97 Å². The van der Waals surface area contributed by atoms with Crippen LogP contribution in [-0.4, -0.2) is 23.1 Å². The minimum absolute atomic E-state index is 0.166. The maximum absolute atomic E-state index is 13.0. The van der Waals surface area contributed by atoms with Gasteiger partial charge in [0.05, 0.1) is 13.0 Å². The number of benzene rings is 2. The van der Waals surface area contributed by atoms with Gasteiger partial charge in [-0.25, -0.2) is 4.79 Å². The molecule has 0 unspecified atom stereocenters. The third-order valence-corrected chi connectivity index (χ3v) is 6.42. The standard InChI is InChI=1S/C26H26N2O3S/c1-5-31-26(30)24-21(19-11-10-16(2)12-17(19)3)15-32-25(24)27-23(29)13-18-14-28(4)22-9-7-6-8-20(18)22/h6-12,14-15H,5,13H2,1-4H3,(H,27,29). The second-order valence-electron chi connectivity index (χ2n) is 7.90. The first-order chi connectivity index (χ1) is 15.4. The fraction of sp³-hybridized carbons (Fsp3) is 0.231. The molecule has 0 aliphatic carbocycles. The minimum atomic E-state index is -0.427. The fourth-order valence-corrected chi connectivity index (χ4v) is 5.04. The zero-order valence-electron chi connectivity index (χ0n) is 18.7. The molecule has 0 bridgehead atoms. The highest BCUT2D eigenvalue weighted by Gasteiger charge is 2.24. The van der Waals surface area contributed by atoms with Crippen LogP contribution in [0.1, 0.15) is 34.0 Å². The van der Waals surface area contributed by atoms with Crippen LogP contribution in [0.25, 0.3) is 22.0 Å². The Hall–Kier alpha value is -3.38. The second kappa shape index (κ2) is 9.01. The number of carbonyl (C=O) groups is 2. The van der Waals surface area contributed by atoms with Gasteiger partial charge in [0.1, 0.15) is 10.6 Å². The van der Waals surface area contributed by atoms with Gasteiger partial charge in [0.15, 0.2) is 0 Å². The lowest BCUT2D eigenvalue weighted by Gasteiger charge is -2.11. The predicted octanol–water partition coefficient (Wildman–Crippen LogP) is 5.88. The van der Waals surface area contributed by atoms with Crippen molar-refractivity contribution < 1.29 is 14.3 Å². The summed E-state index contributed by atoms with van der Waals surface area (Å²) in [5.74, 6) is -0.592. The molecule has 0 aliphatic heterocycles. The Morgan fingerprint density at radius 3 is 2.62 bits per heavy atom. The van der Waals surface area contributed by atoms with Crippen molar-refractivity contribution in [3.63, 3.8) is 0 Å². The third-order valence-electron chi connectivity index (χ3n) is 5.53. The van der Waals surface area contributed by atoms with Crippen LogP contribution in [0.3, 0.4) is 0 Å². The molecule has 0 saturated carbocycles. The highest BCUT2D eigenvalue weighted by Crippen LogP contribution is 2.38. The van der Waals surface area contributed by atoms with Crippen molar-refractivity contribution in [2.45, 2.75) is 27.2 Å². The third kappa shape index (κ3) is 4.18.